The Morgan fingerprint density at radius 3 is 2.67 bits per heavy atom. The summed E-state index contributed by atoms with van der Waals surface area (Å²) in [6.45, 7) is 0. The Balaban J connectivity index is 1.59. The maximum atomic E-state index is 13.8. The van der Waals surface area contributed by atoms with E-state index in [1.165, 1.54) is 18.2 Å². The van der Waals surface area contributed by atoms with Gasteiger partial charge < -0.3 is 21.5 Å². The highest BCUT2D eigenvalue weighted by Crippen LogP contribution is 2.32. The molecule has 0 radical (unpaired) electrons. The highest BCUT2D eigenvalue weighted by Gasteiger charge is 2.22. The van der Waals surface area contributed by atoms with E-state index in [0.29, 0.717) is 16.5 Å². The number of hydrogen-bond acceptors (Lipinski definition) is 6. The third-order valence-corrected chi connectivity index (χ3v) is 6.78. The van der Waals surface area contributed by atoms with Crippen LogP contribution in [-0.4, -0.2) is 39.6 Å². The first-order valence-corrected chi connectivity index (χ1v) is 12.1. The second-order valence-corrected chi connectivity index (χ2v) is 9.34. The smallest absolute Gasteiger partial charge is 0.212 e. The minimum atomic E-state index is -0.444. The Hall–Kier alpha value is -3.69. The number of methoxy groups -OCH3 is 1. The van der Waals surface area contributed by atoms with E-state index in [-0.39, 0.29) is 23.6 Å². The van der Waals surface area contributed by atoms with E-state index in [4.69, 9.17) is 27.8 Å². The molecular weight excluding hydrogens is 481 g/mol. The van der Waals surface area contributed by atoms with Crippen molar-refractivity contribution in [2.75, 3.05) is 12.4 Å². The number of aliphatic imine (C=N–C) groups is 1. The summed E-state index contributed by atoms with van der Waals surface area (Å²) in [6, 6.07) is 10.2. The van der Waals surface area contributed by atoms with Crippen molar-refractivity contribution in [2.24, 2.45) is 16.5 Å². The number of anilines is 1. The Morgan fingerprint density at radius 2 is 1.94 bits per heavy atom. The molecule has 0 spiro atoms. The molecule has 36 heavy (non-hydrogen) atoms. The summed E-state index contributed by atoms with van der Waals surface area (Å²) in [4.78, 5) is 8.75. The normalized spacial score (nSPS) is 18.4. The Kier molecular flexibility index (Phi) is 6.75. The van der Waals surface area contributed by atoms with Crippen LogP contribution in [0.25, 0.3) is 16.6 Å². The van der Waals surface area contributed by atoms with Crippen LogP contribution in [-0.2, 0) is 0 Å². The number of hydrogen-bond donors (Lipinski definition) is 3. The van der Waals surface area contributed by atoms with Crippen LogP contribution < -0.4 is 21.5 Å². The van der Waals surface area contributed by atoms with Gasteiger partial charge in [0.15, 0.2) is 0 Å². The molecule has 0 amide bonds. The summed E-state index contributed by atoms with van der Waals surface area (Å²) in [6.07, 6.45) is 9.12. The molecule has 5 rings (SSSR count). The van der Waals surface area contributed by atoms with Gasteiger partial charge >= 0.3 is 0 Å². The first kappa shape index (κ1) is 24.0. The van der Waals surface area contributed by atoms with E-state index in [1.54, 1.807) is 24.0 Å². The Bertz CT molecular complexity index is 1410. The summed E-state index contributed by atoms with van der Waals surface area (Å²) in [5.74, 6) is 0.280. The monoisotopic (exact) mass is 507 g/mol. The van der Waals surface area contributed by atoms with Gasteiger partial charge in [0.1, 0.15) is 11.7 Å². The van der Waals surface area contributed by atoms with E-state index in [1.807, 2.05) is 24.4 Å². The van der Waals surface area contributed by atoms with Crippen molar-refractivity contribution < 1.29 is 9.13 Å². The number of pyridine rings is 1. The molecule has 1 fully saturated rings. The fourth-order valence-electron chi connectivity index (χ4n) is 4.46. The molecule has 186 valence electrons. The van der Waals surface area contributed by atoms with Gasteiger partial charge in [0.2, 0.25) is 5.88 Å². The standard InChI is InChI=1S/C26H27ClFN7O/c1-36-24-9-2-15(12-31-24)16-10-23-25(33-19-6-4-18(29)5-7-19)20(13-32-35(23)14-16)26(30)34-22-11-17(28)3-8-21(22)27/h2-3,8-14,18-19,33H,4-7,29H2,1H3,(H2,30,34)/t18-,19-. The van der Waals surface area contributed by atoms with Crippen molar-refractivity contribution >= 4 is 34.3 Å². The van der Waals surface area contributed by atoms with Crippen LogP contribution in [0.3, 0.4) is 0 Å². The lowest BCUT2D eigenvalue weighted by Gasteiger charge is -2.28. The van der Waals surface area contributed by atoms with Gasteiger partial charge in [-0.2, -0.15) is 5.10 Å². The predicted octanol–water partition coefficient (Wildman–Crippen LogP) is 4.92. The van der Waals surface area contributed by atoms with Crippen molar-refractivity contribution in [1.29, 1.82) is 0 Å². The summed E-state index contributed by atoms with van der Waals surface area (Å²) in [5, 5.41) is 8.55. The number of nitrogens with two attached hydrogens (primary N) is 2. The predicted molar refractivity (Wildman–Crippen MR) is 141 cm³/mol. The average molecular weight is 508 g/mol. The van der Waals surface area contributed by atoms with Crippen LogP contribution in [0, 0.1) is 5.82 Å². The summed E-state index contributed by atoms with van der Waals surface area (Å²) in [5.41, 5.74) is 16.9. The highest BCUT2D eigenvalue weighted by molar-refractivity contribution is 6.33. The van der Waals surface area contributed by atoms with Crippen LogP contribution in [0.5, 0.6) is 5.88 Å². The second-order valence-electron chi connectivity index (χ2n) is 8.93. The van der Waals surface area contributed by atoms with E-state index in [9.17, 15) is 4.39 Å². The first-order valence-electron chi connectivity index (χ1n) is 11.7. The van der Waals surface area contributed by atoms with E-state index >= 15 is 0 Å². The third-order valence-electron chi connectivity index (χ3n) is 6.46. The van der Waals surface area contributed by atoms with Gasteiger partial charge in [-0.05, 0) is 49.9 Å². The third kappa shape index (κ3) is 4.98. The number of aromatic nitrogens is 3. The molecule has 3 aromatic heterocycles. The van der Waals surface area contributed by atoms with Crippen molar-refractivity contribution in [2.45, 2.75) is 37.8 Å². The molecule has 10 heteroatoms. The molecule has 1 aliphatic carbocycles. The van der Waals surface area contributed by atoms with Gasteiger partial charge in [0, 0.05) is 47.7 Å². The average Bonchev–Trinajstić information content (AvgIpc) is 3.32. The van der Waals surface area contributed by atoms with Crippen molar-refractivity contribution in [3.63, 3.8) is 0 Å². The molecule has 3 heterocycles. The maximum Gasteiger partial charge on any atom is 0.212 e. The molecule has 0 aliphatic heterocycles. The van der Waals surface area contributed by atoms with Crippen LogP contribution in [0.1, 0.15) is 31.2 Å². The largest absolute Gasteiger partial charge is 0.481 e. The molecule has 1 aliphatic rings. The number of ether oxygens (including phenoxy) is 1. The fraction of sp³-hybridized carbons (Fsp3) is 0.269. The van der Waals surface area contributed by atoms with Crippen molar-refractivity contribution in [3.8, 4) is 17.0 Å². The molecular formula is C26H27ClFN7O. The number of nitrogens with one attached hydrogen (secondary N) is 1. The van der Waals surface area contributed by atoms with Gasteiger partial charge in [-0.3, -0.25) is 0 Å². The van der Waals surface area contributed by atoms with Crippen molar-refractivity contribution in [1.82, 2.24) is 14.6 Å². The summed E-state index contributed by atoms with van der Waals surface area (Å²) < 4.78 is 20.8. The molecule has 1 aromatic carbocycles. The number of amidine groups is 1. The van der Waals surface area contributed by atoms with Gasteiger partial charge in [-0.15, -0.1) is 0 Å². The molecule has 8 nitrogen and oxygen atoms in total. The highest BCUT2D eigenvalue weighted by atomic mass is 35.5. The lowest BCUT2D eigenvalue weighted by atomic mass is 9.91. The van der Waals surface area contributed by atoms with Gasteiger partial charge in [0.05, 0.1) is 40.8 Å². The maximum absolute atomic E-state index is 13.8. The summed E-state index contributed by atoms with van der Waals surface area (Å²) >= 11 is 6.23. The van der Waals surface area contributed by atoms with E-state index in [0.717, 1.165) is 48.0 Å². The topological polar surface area (TPSA) is 116 Å². The number of nitrogens with zero attached hydrogens (tertiary/aromatic N) is 4. The Labute approximate surface area is 213 Å². The number of rotatable bonds is 6. The number of benzene rings is 1. The lowest BCUT2D eigenvalue weighted by Crippen LogP contribution is -2.33. The molecule has 5 N–H and O–H groups in total. The quantitative estimate of drug-likeness (QED) is 0.252. The summed E-state index contributed by atoms with van der Waals surface area (Å²) in [7, 11) is 1.58. The van der Waals surface area contributed by atoms with Gasteiger partial charge in [-0.25, -0.2) is 18.9 Å². The SMILES string of the molecule is COc1ccc(-c2cc3c(N[C@H]4CC[C@H](N)CC4)c(/C(N)=N/c4cc(F)ccc4Cl)cnn3c2)cn1. The minimum Gasteiger partial charge on any atom is -0.481 e. The molecule has 0 saturated heterocycles. The van der Waals surface area contributed by atoms with Gasteiger partial charge in [-0.1, -0.05) is 11.6 Å². The molecule has 1 saturated carbocycles. The second kappa shape index (κ2) is 10.1. The minimum absolute atomic E-state index is 0.182. The van der Waals surface area contributed by atoms with Crippen LogP contribution >= 0.6 is 11.6 Å². The Morgan fingerprint density at radius 1 is 1.14 bits per heavy atom. The molecule has 0 atom stereocenters. The number of halogens is 2. The molecule has 0 bridgehead atoms. The van der Waals surface area contributed by atoms with Crippen LogP contribution in [0.2, 0.25) is 5.02 Å². The van der Waals surface area contributed by atoms with Gasteiger partial charge in [0.25, 0.3) is 0 Å². The molecule has 0 unspecified atom stereocenters. The number of fused-ring (bicyclic) bond motifs is 1. The molecule has 4 aromatic rings. The lowest BCUT2D eigenvalue weighted by molar-refractivity contribution is 0.398. The van der Waals surface area contributed by atoms with E-state index < -0.39 is 5.82 Å². The zero-order valence-corrected chi connectivity index (χ0v) is 20.5. The zero-order valence-electron chi connectivity index (χ0n) is 19.8. The van der Waals surface area contributed by atoms with Crippen LogP contribution in [0.15, 0.2) is 60.0 Å². The zero-order chi connectivity index (χ0) is 25.2. The fourth-order valence-corrected chi connectivity index (χ4v) is 4.62. The van der Waals surface area contributed by atoms with Crippen molar-refractivity contribution in [3.05, 3.63) is 71.4 Å². The first-order chi connectivity index (χ1) is 17.4. The van der Waals surface area contributed by atoms with Crippen LogP contribution in [0.4, 0.5) is 15.8 Å². The van der Waals surface area contributed by atoms with E-state index in [2.05, 4.69) is 20.4 Å².